The molecule has 0 unspecified atom stereocenters. The summed E-state index contributed by atoms with van der Waals surface area (Å²) in [5.74, 6) is 0.220. The van der Waals surface area contributed by atoms with Crippen LogP contribution in [0.5, 0.6) is 0 Å². The minimum Gasteiger partial charge on any atom is -0.399 e. The number of anilines is 4. The Morgan fingerprint density at radius 2 is 1.75 bits per heavy atom. The first kappa shape index (κ1) is 18.2. The summed E-state index contributed by atoms with van der Waals surface area (Å²) < 4.78 is 0. The monoisotopic (exact) mass is 411 g/mol. The largest absolute Gasteiger partial charge is 0.399 e. The number of rotatable bonds is 4. The molecule has 6 nitrogen and oxygen atoms in total. The molecule has 1 heterocycles. The van der Waals surface area contributed by atoms with Crippen molar-refractivity contribution < 1.29 is 4.79 Å². The number of para-hydroxylation sites is 1. The molecule has 0 aliphatic heterocycles. The van der Waals surface area contributed by atoms with Crippen LogP contribution < -0.4 is 16.4 Å². The van der Waals surface area contributed by atoms with E-state index in [1.807, 2.05) is 0 Å². The number of benzene rings is 3. The molecule has 3 aromatic carbocycles. The normalized spacial score (nSPS) is 10.8. The lowest BCUT2D eigenvalue weighted by Crippen LogP contribution is -2.11. The summed E-state index contributed by atoms with van der Waals surface area (Å²) in [6.45, 7) is 0. The molecule has 0 fully saturated rings. The number of nitrogens with zero attached hydrogens (tertiary/aromatic N) is 1. The van der Waals surface area contributed by atoms with Crippen molar-refractivity contribution in [3.05, 3.63) is 76.3 Å². The van der Waals surface area contributed by atoms with Crippen molar-refractivity contribution in [2.24, 2.45) is 0 Å². The highest BCUT2D eigenvalue weighted by atomic mass is 35.5. The van der Waals surface area contributed by atoms with E-state index < -0.39 is 0 Å². The number of halogens is 2. The van der Waals surface area contributed by atoms with Crippen LogP contribution in [0.2, 0.25) is 10.0 Å². The first-order chi connectivity index (χ1) is 13.5. The Morgan fingerprint density at radius 1 is 1.00 bits per heavy atom. The summed E-state index contributed by atoms with van der Waals surface area (Å²) >= 11 is 12.4. The average Bonchev–Trinajstić information content (AvgIpc) is 3.06. The number of carbonyl (C=O) groups is 1. The van der Waals surface area contributed by atoms with Crippen LogP contribution in [-0.2, 0) is 0 Å². The van der Waals surface area contributed by atoms with Crippen LogP contribution in [0.3, 0.4) is 0 Å². The van der Waals surface area contributed by atoms with Gasteiger partial charge in [0.15, 0.2) is 0 Å². The maximum atomic E-state index is 12.5. The number of hydrogen-bond donors (Lipinski definition) is 4. The fraction of sp³-hybridized carbons (Fsp3) is 0. The molecule has 5 N–H and O–H groups in total. The van der Waals surface area contributed by atoms with Gasteiger partial charge in [0.2, 0.25) is 5.95 Å². The number of nitrogen functional groups attached to an aromatic ring is 1. The van der Waals surface area contributed by atoms with Gasteiger partial charge in [-0.05, 0) is 48.5 Å². The molecule has 0 atom stereocenters. The zero-order valence-corrected chi connectivity index (χ0v) is 16.0. The third kappa shape index (κ3) is 3.74. The predicted octanol–water partition coefficient (Wildman–Crippen LogP) is 5.45. The standard InChI is InChI=1S/C20H15Cl2N5O/c21-14-5-2-6-15(22)18(14)27-20-25-16-8-7-11(9-17(16)26-20)19(28)24-13-4-1-3-12(23)10-13/h1-10H,23H2,(H,24,28)(H2,25,26,27). The second kappa shape index (κ2) is 7.42. The predicted molar refractivity (Wildman–Crippen MR) is 115 cm³/mol. The summed E-state index contributed by atoms with van der Waals surface area (Å²) in [4.78, 5) is 20.1. The number of carbonyl (C=O) groups excluding carboxylic acids is 1. The zero-order chi connectivity index (χ0) is 19.7. The van der Waals surface area contributed by atoms with Crippen LogP contribution >= 0.6 is 23.2 Å². The van der Waals surface area contributed by atoms with E-state index in [2.05, 4.69) is 20.6 Å². The van der Waals surface area contributed by atoms with Crippen molar-refractivity contribution in [3.8, 4) is 0 Å². The highest BCUT2D eigenvalue weighted by molar-refractivity contribution is 6.39. The number of nitrogens with two attached hydrogens (primary N) is 1. The van der Waals surface area contributed by atoms with E-state index in [0.717, 1.165) is 5.52 Å². The fourth-order valence-electron chi connectivity index (χ4n) is 2.76. The molecule has 4 aromatic rings. The van der Waals surface area contributed by atoms with Crippen molar-refractivity contribution in [2.75, 3.05) is 16.4 Å². The highest BCUT2D eigenvalue weighted by Gasteiger charge is 2.12. The number of amides is 1. The van der Waals surface area contributed by atoms with Gasteiger partial charge in [-0.25, -0.2) is 4.98 Å². The molecule has 0 spiro atoms. The topological polar surface area (TPSA) is 95.8 Å². The summed E-state index contributed by atoms with van der Waals surface area (Å²) in [5.41, 5.74) is 9.38. The van der Waals surface area contributed by atoms with E-state index in [4.69, 9.17) is 28.9 Å². The zero-order valence-electron chi connectivity index (χ0n) is 14.5. The number of imidazole rings is 1. The van der Waals surface area contributed by atoms with Gasteiger partial charge in [-0.2, -0.15) is 0 Å². The lowest BCUT2D eigenvalue weighted by molar-refractivity contribution is 0.102. The van der Waals surface area contributed by atoms with Gasteiger partial charge in [-0.1, -0.05) is 35.3 Å². The van der Waals surface area contributed by atoms with E-state index in [0.29, 0.717) is 44.1 Å². The molecule has 0 saturated carbocycles. The van der Waals surface area contributed by atoms with Crippen LogP contribution in [0, 0.1) is 0 Å². The summed E-state index contributed by atoms with van der Waals surface area (Å²) in [6, 6.07) is 17.4. The van der Waals surface area contributed by atoms with Gasteiger partial charge >= 0.3 is 0 Å². The molecule has 4 rings (SSSR count). The smallest absolute Gasteiger partial charge is 0.255 e. The number of nitrogens with one attached hydrogen (secondary N) is 3. The number of aromatic nitrogens is 2. The van der Waals surface area contributed by atoms with E-state index in [1.54, 1.807) is 60.7 Å². The first-order valence-corrected chi connectivity index (χ1v) is 9.13. The van der Waals surface area contributed by atoms with Crippen LogP contribution in [0.4, 0.5) is 23.0 Å². The number of H-pyrrole nitrogens is 1. The molecule has 0 saturated heterocycles. The molecule has 0 aliphatic carbocycles. The molecule has 0 aliphatic rings. The van der Waals surface area contributed by atoms with Gasteiger partial charge < -0.3 is 21.4 Å². The van der Waals surface area contributed by atoms with Crippen molar-refractivity contribution in [1.29, 1.82) is 0 Å². The van der Waals surface area contributed by atoms with Crippen LogP contribution in [0.25, 0.3) is 11.0 Å². The molecule has 1 aromatic heterocycles. The summed E-state index contributed by atoms with van der Waals surface area (Å²) in [5, 5.41) is 6.86. The van der Waals surface area contributed by atoms with Crippen molar-refractivity contribution in [2.45, 2.75) is 0 Å². The SMILES string of the molecule is Nc1cccc(NC(=O)c2ccc3[nH]c(Nc4c(Cl)cccc4Cl)nc3c2)c1. The van der Waals surface area contributed by atoms with Crippen molar-refractivity contribution >= 4 is 63.2 Å². The molecular formula is C20H15Cl2N5O. The van der Waals surface area contributed by atoms with E-state index in [-0.39, 0.29) is 5.91 Å². The number of aromatic amines is 1. The maximum Gasteiger partial charge on any atom is 0.255 e. The van der Waals surface area contributed by atoms with Crippen molar-refractivity contribution in [1.82, 2.24) is 9.97 Å². The molecule has 0 radical (unpaired) electrons. The Balaban J connectivity index is 1.58. The van der Waals surface area contributed by atoms with Gasteiger partial charge in [0, 0.05) is 16.9 Å². The van der Waals surface area contributed by atoms with Gasteiger partial charge in [-0.15, -0.1) is 0 Å². The minimum atomic E-state index is -0.251. The van der Waals surface area contributed by atoms with Crippen molar-refractivity contribution in [3.63, 3.8) is 0 Å². The second-order valence-electron chi connectivity index (χ2n) is 6.12. The Labute approximate surface area is 170 Å². The van der Waals surface area contributed by atoms with Gasteiger partial charge in [-0.3, -0.25) is 4.79 Å². The second-order valence-corrected chi connectivity index (χ2v) is 6.93. The quantitative estimate of drug-likeness (QED) is 0.335. The maximum absolute atomic E-state index is 12.5. The summed E-state index contributed by atoms with van der Waals surface area (Å²) in [7, 11) is 0. The van der Waals surface area contributed by atoms with Gasteiger partial charge in [0.25, 0.3) is 5.91 Å². The van der Waals surface area contributed by atoms with Gasteiger partial charge in [0.05, 0.1) is 26.8 Å². The molecular weight excluding hydrogens is 397 g/mol. The number of hydrogen-bond acceptors (Lipinski definition) is 4. The third-order valence-corrected chi connectivity index (χ3v) is 4.73. The summed E-state index contributed by atoms with van der Waals surface area (Å²) in [6.07, 6.45) is 0. The van der Waals surface area contributed by atoms with E-state index in [1.165, 1.54) is 0 Å². The fourth-order valence-corrected chi connectivity index (χ4v) is 3.25. The first-order valence-electron chi connectivity index (χ1n) is 8.37. The molecule has 1 amide bonds. The number of fused-ring (bicyclic) bond motifs is 1. The third-order valence-electron chi connectivity index (χ3n) is 4.10. The van der Waals surface area contributed by atoms with E-state index >= 15 is 0 Å². The molecule has 0 bridgehead atoms. The highest BCUT2D eigenvalue weighted by Crippen LogP contribution is 2.32. The molecule has 140 valence electrons. The molecule has 28 heavy (non-hydrogen) atoms. The Bertz CT molecular complexity index is 1170. The van der Waals surface area contributed by atoms with Crippen LogP contribution in [-0.4, -0.2) is 15.9 Å². The Hall–Kier alpha value is -3.22. The molecule has 8 heteroatoms. The lowest BCUT2D eigenvalue weighted by Gasteiger charge is -2.06. The Kier molecular flexibility index (Phi) is 4.81. The van der Waals surface area contributed by atoms with Crippen LogP contribution in [0.15, 0.2) is 60.7 Å². The lowest BCUT2D eigenvalue weighted by atomic mass is 10.2. The van der Waals surface area contributed by atoms with E-state index in [9.17, 15) is 4.79 Å². The van der Waals surface area contributed by atoms with Gasteiger partial charge in [0.1, 0.15) is 0 Å². The Morgan fingerprint density at radius 3 is 2.50 bits per heavy atom. The average molecular weight is 412 g/mol. The minimum absolute atomic E-state index is 0.251. The van der Waals surface area contributed by atoms with Crippen LogP contribution in [0.1, 0.15) is 10.4 Å².